The fraction of sp³-hybridized carbons (Fsp3) is 0.750. The first-order chi connectivity index (χ1) is 4.63. The molecule has 0 aliphatic carbocycles. The maximum absolute atomic E-state index is 10.3. The van der Waals surface area contributed by atoms with Crippen LogP contribution in [0.2, 0.25) is 0 Å². The second-order valence-electron chi connectivity index (χ2n) is 1.66. The van der Waals surface area contributed by atoms with Crippen LogP contribution in [0.25, 0.3) is 0 Å². The molecule has 0 rings (SSSR count). The molecule has 0 aliphatic heterocycles. The molecule has 0 saturated carbocycles. The minimum atomic E-state index is -1.09. The number of amides is 1. The second kappa shape index (κ2) is 4.04. The lowest BCUT2D eigenvalue weighted by molar-refractivity contribution is -0.0197. The summed E-state index contributed by atoms with van der Waals surface area (Å²) < 4.78 is 0. The molecule has 0 fully saturated rings. The van der Waals surface area contributed by atoms with Crippen molar-refractivity contribution in [1.29, 1.82) is 0 Å². The number of nitrogens with one attached hydrogen (secondary N) is 1. The van der Waals surface area contributed by atoms with Crippen LogP contribution in [0.5, 0.6) is 0 Å². The highest BCUT2D eigenvalue weighted by Crippen LogP contribution is 1.85. The van der Waals surface area contributed by atoms with Gasteiger partial charge in [0, 0.05) is 14.1 Å². The van der Waals surface area contributed by atoms with E-state index in [1.54, 1.807) is 7.05 Å². The minimum Gasteiger partial charge on any atom is -0.463 e. The molecule has 0 radical (unpaired) electrons. The molecular formula is C4H12N4O2. The van der Waals surface area contributed by atoms with Gasteiger partial charge in [-0.05, 0) is 0 Å². The fourth-order valence-corrected chi connectivity index (χ4v) is 0.494. The molecule has 0 aromatic rings. The number of carbonyl (C=O) groups is 1. The third-order valence-corrected chi connectivity index (χ3v) is 0.999. The van der Waals surface area contributed by atoms with Crippen molar-refractivity contribution in [1.82, 2.24) is 15.6 Å². The number of rotatable bonds is 3. The van der Waals surface area contributed by atoms with Crippen molar-refractivity contribution in [3.8, 4) is 0 Å². The molecule has 0 unspecified atom stereocenters. The van der Waals surface area contributed by atoms with Crippen molar-refractivity contribution in [3.63, 3.8) is 0 Å². The molecule has 0 spiro atoms. The Hall–Kier alpha value is -0.850. The Morgan fingerprint density at radius 3 is 2.40 bits per heavy atom. The highest BCUT2D eigenvalue weighted by Gasteiger charge is 2.12. The molecule has 1 amide bonds. The molecule has 6 nitrogen and oxygen atoms in total. The van der Waals surface area contributed by atoms with E-state index >= 15 is 0 Å². The zero-order valence-corrected chi connectivity index (χ0v) is 6.03. The SMILES string of the molecule is CNN(C(=O)O)N(C)CN. The molecule has 0 saturated heterocycles. The molecule has 6 heteroatoms. The monoisotopic (exact) mass is 148 g/mol. The number of hydrogen-bond donors (Lipinski definition) is 3. The molecule has 0 aromatic carbocycles. The van der Waals surface area contributed by atoms with Crippen molar-refractivity contribution in [2.45, 2.75) is 0 Å². The third-order valence-electron chi connectivity index (χ3n) is 0.999. The minimum absolute atomic E-state index is 0.146. The summed E-state index contributed by atoms with van der Waals surface area (Å²) in [5.41, 5.74) is 7.60. The zero-order chi connectivity index (χ0) is 8.15. The van der Waals surface area contributed by atoms with Gasteiger partial charge in [-0.25, -0.2) is 10.2 Å². The van der Waals surface area contributed by atoms with E-state index in [1.807, 2.05) is 0 Å². The summed E-state index contributed by atoms with van der Waals surface area (Å²) in [5.74, 6) is 0. The van der Waals surface area contributed by atoms with Crippen molar-refractivity contribution >= 4 is 6.09 Å². The van der Waals surface area contributed by atoms with Crippen LogP contribution >= 0.6 is 0 Å². The van der Waals surface area contributed by atoms with Gasteiger partial charge in [-0.15, -0.1) is 0 Å². The molecule has 0 aromatic heterocycles. The van der Waals surface area contributed by atoms with Gasteiger partial charge < -0.3 is 10.8 Å². The second-order valence-corrected chi connectivity index (χ2v) is 1.66. The van der Waals surface area contributed by atoms with Gasteiger partial charge >= 0.3 is 6.09 Å². The Bertz CT molecular complexity index is 118. The van der Waals surface area contributed by atoms with Crippen molar-refractivity contribution in [2.24, 2.45) is 5.73 Å². The van der Waals surface area contributed by atoms with E-state index in [4.69, 9.17) is 10.8 Å². The lowest BCUT2D eigenvalue weighted by atomic mass is 10.9. The van der Waals surface area contributed by atoms with Crippen LogP contribution in [0.1, 0.15) is 0 Å². The summed E-state index contributed by atoms with van der Waals surface area (Å²) in [6.07, 6.45) is -1.09. The summed E-state index contributed by atoms with van der Waals surface area (Å²) in [6, 6.07) is 0. The summed E-state index contributed by atoms with van der Waals surface area (Å²) in [7, 11) is 3.06. The maximum atomic E-state index is 10.3. The van der Waals surface area contributed by atoms with Crippen LogP contribution in [0, 0.1) is 0 Å². The largest absolute Gasteiger partial charge is 0.463 e. The van der Waals surface area contributed by atoms with Crippen LogP contribution in [-0.4, -0.2) is 42.1 Å². The normalized spacial score (nSPS) is 10.0. The molecule has 0 heterocycles. The van der Waals surface area contributed by atoms with E-state index in [0.717, 1.165) is 5.12 Å². The van der Waals surface area contributed by atoms with Crippen LogP contribution in [0.15, 0.2) is 0 Å². The molecule has 0 atom stereocenters. The summed E-state index contributed by atoms with van der Waals surface area (Å²) >= 11 is 0. The van der Waals surface area contributed by atoms with Crippen molar-refractivity contribution in [3.05, 3.63) is 0 Å². The Labute approximate surface area is 59.1 Å². The first-order valence-corrected chi connectivity index (χ1v) is 2.75. The van der Waals surface area contributed by atoms with Gasteiger partial charge in [0.15, 0.2) is 0 Å². The van der Waals surface area contributed by atoms with E-state index in [-0.39, 0.29) is 6.67 Å². The predicted octanol–water partition coefficient (Wildman–Crippen LogP) is -1.14. The van der Waals surface area contributed by atoms with Crippen molar-refractivity contribution < 1.29 is 9.90 Å². The highest BCUT2D eigenvalue weighted by molar-refractivity contribution is 5.63. The van der Waals surface area contributed by atoms with Crippen LogP contribution in [0.3, 0.4) is 0 Å². The lowest BCUT2D eigenvalue weighted by Crippen LogP contribution is -2.52. The Kier molecular flexibility index (Phi) is 3.70. The van der Waals surface area contributed by atoms with E-state index in [2.05, 4.69) is 5.43 Å². The molecule has 60 valence electrons. The molecule has 0 bridgehead atoms. The molecular weight excluding hydrogens is 136 g/mol. The fourth-order valence-electron chi connectivity index (χ4n) is 0.494. The van der Waals surface area contributed by atoms with Gasteiger partial charge in [0.05, 0.1) is 6.67 Å². The number of nitrogens with zero attached hydrogens (tertiary/aromatic N) is 2. The van der Waals surface area contributed by atoms with Gasteiger partial charge in [-0.3, -0.25) is 0 Å². The zero-order valence-electron chi connectivity index (χ0n) is 6.03. The summed E-state index contributed by atoms with van der Waals surface area (Å²) in [4.78, 5) is 10.3. The molecule has 4 N–H and O–H groups in total. The van der Waals surface area contributed by atoms with E-state index < -0.39 is 6.09 Å². The number of hydrogen-bond acceptors (Lipinski definition) is 4. The van der Waals surface area contributed by atoms with Crippen LogP contribution in [0.4, 0.5) is 4.79 Å². The smallest absolute Gasteiger partial charge is 0.437 e. The van der Waals surface area contributed by atoms with E-state index in [9.17, 15) is 4.79 Å². The summed E-state index contributed by atoms with van der Waals surface area (Å²) in [5, 5.41) is 10.7. The highest BCUT2D eigenvalue weighted by atomic mass is 16.4. The van der Waals surface area contributed by atoms with E-state index in [0.29, 0.717) is 0 Å². The van der Waals surface area contributed by atoms with Crippen LogP contribution < -0.4 is 11.2 Å². The Balaban J connectivity index is 3.92. The number of carboxylic acid groups (broad SMARTS) is 1. The van der Waals surface area contributed by atoms with Gasteiger partial charge in [0.1, 0.15) is 0 Å². The number of hydrazine groups is 2. The first kappa shape index (κ1) is 9.15. The predicted molar refractivity (Wildman–Crippen MR) is 35.7 cm³/mol. The summed E-state index contributed by atoms with van der Waals surface area (Å²) in [6.45, 7) is 0.146. The van der Waals surface area contributed by atoms with Crippen LogP contribution in [-0.2, 0) is 0 Å². The van der Waals surface area contributed by atoms with Gasteiger partial charge in [-0.2, -0.15) is 10.1 Å². The van der Waals surface area contributed by atoms with Gasteiger partial charge in [0.25, 0.3) is 0 Å². The third kappa shape index (κ3) is 2.18. The maximum Gasteiger partial charge on any atom is 0.437 e. The number of nitrogens with two attached hydrogens (primary N) is 1. The quantitative estimate of drug-likeness (QED) is 0.348. The standard InChI is InChI=1S/C4H12N4O2/c1-6-8(4(9)10)7(2)3-5/h6H,3,5H2,1-2H3,(H,9,10). The van der Waals surface area contributed by atoms with Gasteiger partial charge in [-0.1, -0.05) is 0 Å². The molecule has 10 heavy (non-hydrogen) atoms. The van der Waals surface area contributed by atoms with E-state index in [1.165, 1.54) is 12.1 Å². The first-order valence-electron chi connectivity index (χ1n) is 2.75. The average Bonchev–Trinajstić information content (AvgIpc) is 1.88. The van der Waals surface area contributed by atoms with Crippen molar-refractivity contribution in [2.75, 3.05) is 20.8 Å². The topological polar surface area (TPSA) is 81.8 Å². The Morgan fingerprint density at radius 1 is 1.80 bits per heavy atom. The lowest BCUT2D eigenvalue weighted by Gasteiger charge is -2.26. The average molecular weight is 148 g/mol. The van der Waals surface area contributed by atoms with Gasteiger partial charge in [0.2, 0.25) is 0 Å². The Morgan fingerprint density at radius 2 is 2.30 bits per heavy atom. The molecule has 0 aliphatic rings.